The Labute approximate surface area is 139 Å². The second kappa shape index (κ2) is 7.67. The Hall–Kier alpha value is -1.77. The SMILES string of the molecule is C[C@@H]1CC[C@H](C)/C(C(=O)O)=C\C=C/C[C@@]1(C)CCc1ccoc1. The molecule has 0 amide bonds. The van der Waals surface area contributed by atoms with Gasteiger partial charge in [0.25, 0.3) is 0 Å². The Balaban J connectivity index is 2.12. The number of rotatable bonds is 4. The van der Waals surface area contributed by atoms with Crippen molar-refractivity contribution in [1.29, 1.82) is 0 Å². The summed E-state index contributed by atoms with van der Waals surface area (Å²) in [5, 5.41) is 9.34. The molecule has 0 saturated carbocycles. The fraction of sp³-hybridized carbons (Fsp3) is 0.550. The topological polar surface area (TPSA) is 50.4 Å². The first-order valence-corrected chi connectivity index (χ1v) is 8.53. The van der Waals surface area contributed by atoms with E-state index in [4.69, 9.17) is 4.42 Å². The Morgan fingerprint density at radius 1 is 1.39 bits per heavy atom. The van der Waals surface area contributed by atoms with E-state index in [2.05, 4.69) is 19.9 Å². The van der Waals surface area contributed by atoms with Gasteiger partial charge in [-0.2, -0.15) is 0 Å². The van der Waals surface area contributed by atoms with Crippen LogP contribution in [0.3, 0.4) is 0 Å². The van der Waals surface area contributed by atoms with Crippen LogP contribution in [0.2, 0.25) is 0 Å². The molecule has 3 atom stereocenters. The highest BCUT2D eigenvalue weighted by Gasteiger charge is 2.31. The minimum absolute atomic E-state index is 0.0934. The van der Waals surface area contributed by atoms with Crippen molar-refractivity contribution in [3.8, 4) is 0 Å². The Morgan fingerprint density at radius 2 is 2.17 bits per heavy atom. The fourth-order valence-corrected chi connectivity index (χ4v) is 3.37. The van der Waals surface area contributed by atoms with Crippen LogP contribution in [-0.2, 0) is 11.2 Å². The zero-order valence-corrected chi connectivity index (χ0v) is 14.4. The molecule has 3 nitrogen and oxygen atoms in total. The van der Waals surface area contributed by atoms with Crippen molar-refractivity contribution < 1.29 is 14.3 Å². The number of carboxylic acids is 1. The number of carbonyl (C=O) groups is 1. The van der Waals surface area contributed by atoms with E-state index in [0.29, 0.717) is 11.5 Å². The average Bonchev–Trinajstić information content (AvgIpc) is 3.02. The second-order valence-corrected chi connectivity index (χ2v) is 7.22. The van der Waals surface area contributed by atoms with Crippen molar-refractivity contribution in [2.24, 2.45) is 17.3 Å². The number of hydrogen-bond acceptors (Lipinski definition) is 2. The Bertz CT molecular complexity index is 568. The van der Waals surface area contributed by atoms with E-state index < -0.39 is 5.97 Å². The van der Waals surface area contributed by atoms with E-state index in [-0.39, 0.29) is 11.3 Å². The van der Waals surface area contributed by atoms with Crippen LogP contribution in [0.25, 0.3) is 0 Å². The molecule has 1 aromatic rings. The minimum Gasteiger partial charge on any atom is -0.478 e. The van der Waals surface area contributed by atoms with Gasteiger partial charge in [0, 0.05) is 5.57 Å². The first-order valence-electron chi connectivity index (χ1n) is 8.53. The molecule has 0 radical (unpaired) electrons. The van der Waals surface area contributed by atoms with Crippen LogP contribution in [-0.4, -0.2) is 11.1 Å². The fourth-order valence-electron chi connectivity index (χ4n) is 3.37. The van der Waals surface area contributed by atoms with Crippen LogP contribution < -0.4 is 0 Å². The van der Waals surface area contributed by atoms with Crippen molar-refractivity contribution in [3.63, 3.8) is 0 Å². The molecule has 0 spiro atoms. The molecule has 0 saturated heterocycles. The van der Waals surface area contributed by atoms with Gasteiger partial charge in [0.15, 0.2) is 0 Å². The highest BCUT2D eigenvalue weighted by Crippen LogP contribution is 2.40. The van der Waals surface area contributed by atoms with Crippen molar-refractivity contribution in [3.05, 3.63) is 48.0 Å². The normalized spacial score (nSPS) is 32.7. The molecule has 0 aromatic carbocycles. The number of allylic oxidation sites excluding steroid dienone is 3. The maximum absolute atomic E-state index is 11.4. The third-order valence-electron chi connectivity index (χ3n) is 5.56. The van der Waals surface area contributed by atoms with E-state index in [0.717, 1.165) is 32.1 Å². The molecule has 1 N–H and O–H groups in total. The van der Waals surface area contributed by atoms with Gasteiger partial charge in [-0.15, -0.1) is 0 Å². The number of furan rings is 1. The summed E-state index contributed by atoms with van der Waals surface area (Å²) in [4.78, 5) is 11.4. The lowest BCUT2D eigenvalue weighted by molar-refractivity contribution is -0.133. The highest BCUT2D eigenvalue weighted by molar-refractivity contribution is 5.87. The molecule has 0 unspecified atom stereocenters. The summed E-state index contributed by atoms with van der Waals surface area (Å²) in [5.74, 6) is -0.149. The van der Waals surface area contributed by atoms with Gasteiger partial charge >= 0.3 is 5.97 Å². The van der Waals surface area contributed by atoms with Gasteiger partial charge in [-0.3, -0.25) is 0 Å². The monoisotopic (exact) mass is 316 g/mol. The van der Waals surface area contributed by atoms with Gasteiger partial charge in [0.05, 0.1) is 12.5 Å². The van der Waals surface area contributed by atoms with Crippen molar-refractivity contribution in [1.82, 2.24) is 0 Å². The maximum Gasteiger partial charge on any atom is 0.331 e. The van der Waals surface area contributed by atoms with Crippen molar-refractivity contribution in [2.75, 3.05) is 0 Å². The molecule has 1 aromatic heterocycles. The molecule has 0 fully saturated rings. The van der Waals surface area contributed by atoms with Crippen LogP contribution in [0.5, 0.6) is 0 Å². The van der Waals surface area contributed by atoms with Gasteiger partial charge < -0.3 is 9.52 Å². The third-order valence-corrected chi connectivity index (χ3v) is 5.56. The molecular formula is C20H28O3. The van der Waals surface area contributed by atoms with Crippen LogP contribution in [0.1, 0.15) is 52.0 Å². The molecule has 3 heteroatoms. The Kier molecular flexibility index (Phi) is 5.86. The molecule has 126 valence electrons. The summed E-state index contributed by atoms with van der Waals surface area (Å²) < 4.78 is 5.17. The predicted molar refractivity (Wildman–Crippen MR) is 92.2 cm³/mol. The van der Waals surface area contributed by atoms with Crippen LogP contribution in [0, 0.1) is 17.3 Å². The number of aryl methyl sites for hydroxylation is 1. The first kappa shape index (κ1) is 17.6. The van der Waals surface area contributed by atoms with Gasteiger partial charge in [-0.25, -0.2) is 4.79 Å². The van der Waals surface area contributed by atoms with E-state index in [1.165, 1.54) is 5.56 Å². The zero-order valence-electron chi connectivity index (χ0n) is 14.4. The third kappa shape index (κ3) is 4.60. The largest absolute Gasteiger partial charge is 0.478 e. The van der Waals surface area contributed by atoms with E-state index >= 15 is 0 Å². The molecule has 1 heterocycles. The van der Waals surface area contributed by atoms with E-state index in [1.54, 1.807) is 12.3 Å². The molecule has 0 aliphatic heterocycles. The smallest absolute Gasteiger partial charge is 0.331 e. The van der Waals surface area contributed by atoms with E-state index in [1.807, 2.05) is 25.3 Å². The predicted octanol–water partition coefficient (Wildman–Crippen LogP) is 5.24. The number of carboxylic acid groups (broad SMARTS) is 1. The second-order valence-electron chi connectivity index (χ2n) is 7.22. The van der Waals surface area contributed by atoms with Crippen LogP contribution in [0.4, 0.5) is 0 Å². The molecule has 23 heavy (non-hydrogen) atoms. The average molecular weight is 316 g/mol. The summed E-state index contributed by atoms with van der Waals surface area (Å²) >= 11 is 0. The van der Waals surface area contributed by atoms with E-state index in [9.17, 15) is 9.90 Å². The Morgan fingerprint density at radius 3 is 2.83 bits per heavy atom. The van der Waals surface area contributed by atoms with Crippen molar-refractivity contribution >= 4 is 5.97 Å². The number of aliphatic carboxylic acids is 1. The standard InChI is InChI=1S/C20H28O3/c1-15-7-8-16(2)20(3,12-9-17-10-13-23-14-17)11-5-4-6-18(15)19(21)22/h4-6,10,13-16H,7-9,11-12H2,1-3H3,(H,21,22)/b5-4-,18-6+/t15-,16+,20-/m0/s1. The lowest BCUT2D eigenvalue weighted by Gasteiger charge is -2.36. The minimum atomic E-state index is -0.793. The summed E-state index contributed by atoms with van der Waals surface area (Å²) in [5.41, 5.74) is 2.00. The summed E-state index contributed by atoms with van der Waals surface area (Å²) in [6, 6.07) is 2.04. The zero-order chi connectivity index (χ0) is 16.9. The van der Waals surface area contributed by atoms with Crippen LogP contribution >= 0.6 is 0 Å². The van der Waals surface area contributed by atoms with Gasteiger partial charge in [0.2, 0.25) is 0 Å². The summed E-state index contributed by atoms with van der Waals surface area (Å²) in [6.45, 7) is 6.68. The maximum atomic E-state index is 11.4. The molecule has 1 aliphatic rings. The highest BCUT2D eigenvalue weighted by atomic mass is 16.4. The van der Waals surface area contributed by atoms with Crippen LogP contribution in [0.15, 0.2) is 46.8 Å². The lowest BCUT2D eigenvalue weighted by atomic mass is 9.69. The first-order chi connectivity index (χ1) is 10.9. The van der Waals surface area contributed by atoms with Gasteiger partial charge in [0.1, 0.15) is 0 Å². The van der Waals surface area contributed by atoms with Crippen molar-refractivity contribution in [2.45, 2.75) is 52.9 Å². The lowest BCUT2D eigenvalue weighted by Crippen LogP contribution is -2.27. The summed E-state index contributed by atoms with van der Waals surface area (Å²) in [6.07, 6.45) is 14.5. The molecule has 0 bridgehead atoms. The molecule has 1 aliphatic carbocycles. The van der Waals surface area contributed by atoms with Gasteiger partial charge in [-0.05, 0) is 61.0 Å². The summed E-state index contributed by atoms with van der Waals surface area (Å²) in [7, 11) is 0. The van der Waals surface area contributed by atoms with Gasteiger partial charge in [-0.1, -0.05) is 39.0 Å². The molecule has 2 rings (SSSR count). The quantitative estimate of drug-likeness (QED) is 0.826. The molecular weight excluding hydrogens is 288 g/mol. The number of hydrogen-bond donors (Lipinski definition) is 1.